The molecule has 1 atom stereocenters. The number of methoxy groups -OCH3 is 2. The van der Waals surface area contributed by atoms with Gasteiger partial charge < -0.3 is 18.9 Å². The molecule has 1 aliphatic rings. The lowest BCUT2D eigenvalue weighted by atomic mass is 9.93. The lowest BCUT2D eigenvalue weighted by Crippen LogP contribution is -2.40. The molecule has 2 heterocycles. The van der Waals surface area contributed by atoms with Crippen LogP contribution in [0.25, 0.3) is 6.08 Å². The summed E-state index contributed by atoms with van der Waals surface area (Å²) < 4.78 is 24.9. The summed E-state index contributed by atoms with van der Waals surface area (Å²) in [4.78, 5) is 33.1. The van der Waals surface area contributed by atoms with E-state index < -0.39 is 12.0 Å². The number of ether oxygens (including phenoxy) is 4. The third-order valence-corrected chi connectivity index (χ3v) is 8.52. The molecule has 0 N–H and O–H groups in total. The fraction of sp³-hybridized carbons (Fsp3) is 0.265. The number of carbonyl (C=O) groups is 1. The summed E-state index contributed by atoms with van der Waals surface area (Å²) in [6, 6.07) is 19.5. The van der Waals surface area contributed by atoms with Crippen molar-refractivity contribution in [1.29, 1.82) is 0 Å². The fourth-order valence-corrected chi connectivity index (χ4v) is 6.31. The molecule has 5 rings (SSSR count). The van der Waals surface area contributed by atoms with E-state index in [0.717, 1.165) is 17.5 Å². The van der Waals surface area contributed by atoms with Gasteiger partial charge in [0, 0.05) is 21.7 Å². The van der Waals surface area contributed by atoms with Gasteiger partial charge in [0.1, 0.15) is 29.9 Å². The number of aromatic nitrogens is 1. The molecule has 228 valence electrons. The van der Waals surface area contributed by atoms with Crippen LogP contribution in [0.2, 0.25) is 5.02 Å². The monoisotopic (exact) mass is 632 g/mol. The maximum Gasteiger partial charge on any atom is 0.338 e. The Bertz CT molecular complexity index is 1890. The quantitative estimate of drug-likeness (QED) is 0.193. The molecule has 0 fully saturated rings. The lowest BCUT2D eigenvalue weighted by Gasteiger charge is -2.27. The van der Waals surface area contributed by atoms with Crippen molar-refractivity contribution >= 4 is 35.0 Å². The first-order chi connectivity index (χ1) is 21.4. The molecule has 10 heteroatoms. The summed E-state index contributed by atoms with van der Waals surface area (Å²) in [5.41, 5.74) is 2.75. The van der Waals surface area contributed by atoms with Crippen molar-refractivity contribution in [2.75, 3.05) is 20.8 Å². The molecule has 0 aliphatic carbocycles. The predicted octanol–water partition coefficient (Wildman–Crippen LogP) is 5.83. The molecule has 0 amide bonds. The molecule has 0 bridgehead atoms. The van der Waals surface area contributed by atoms with Gasteiger partial charge in [0.15, 0.2) is 4.80 Å². The molecule has 0 spiro atoms. The Morgan fingerprint density at radius 2 is 1.80 bits per heavy atom. The number of esters is 1. The summed E-state index contributed by atoms with van der Waals surface area (Å²) >= 11 is 7.59. The number of hydrogen-bond acceptors (Lipinski definition) is 8. The molecule has 0 saturated carbocycles. The van der Waals surface area contributed by atoms with Gasteiger partial charge in [-0.3, -0.25) is 9.36 Å². The first kappa shape index (κ1) is 31.1. The highest BCUT2D eigenvalue weighted by Gasteiger charge is 2.36. The largest absolute Gasteiger partial charge is 0.497 e. The highest BCUT2D eigenvalue weighted by molar-refractivity contribution is 7.07. The average molecular weight is 633 g/mol. The van der Waals surface area contributed by atoms with E-state index in [1.807, 2.05) is 55.5 Å². The molecule has 8 nitrogen and oxygen atoms in total. The predicted molar refractivity (Wildman–Crippen MR) is 171 cm³/mol. The number of allylic oxidation sites excluding steroid dienone is 1. The van der Waals surface area contributed by atoms with Crippen molar-refractivity contribution in [2.45, 2.75) is 39.3 Å². The van der Waals surface area contributed by atoms with E-state index in [4.69, 9.17) is 35.5 Å². The van der Waals surface area contributed by atoms with Crippen LogP contribution >= 0.6 is 22.9 Å². The van der Waals surface area contributed by atoms with Gasteiger partial charge in [0.05, 0.1) is 36.6 Å². The maximum atomic E-state index is 14.3. The van der Waals surface area contributed by atoms with E-state index in [1.165, 1.54) is 11.3 Å². The van der Waals surface area contributed by atoms with Crippen molar-refractivity contribution in [3.05, 3.63) is 119 Å². The van der Waals surface area contributed by atoms with Crippen LogP contribution in [0, 0.1) is 0 Å². The van der Waals surface area contributed by atoms with Gasteiger partial charge in [0.25, 0.3) is 5.56 Å². The second kappa shape index (κ2) is 14.0. The molecular weight excluding hydrogens is 600 g/mol. The highest BCUT2D eigenvalue weighted by atomic mass is 35.5. The van der Waals surface area contributed by atoms with E-state index in [0.29, 0.717) is 54.9 Å². The lowest BCUT2D eigenvalue weighted by molar-refractivity contribution is -0.139. The van der Waals surface area contributed by atoms with Crippen molar-refractivity contribution in [3.63, 3.8) is 0 Å². The number of nitrogens with zero attached hydrogens (tertiary/aromatic N) is 2. The Hall–Kier alpha value is -4.34. The van der Waals surface area contributed by atoms with Crippen LogP contribution in [-0.4, -0.2) is 31.4 Å². The molecule has 4 aromatic rings. The molecular formula is C34H33ClN2O6S. The summed E-state index contributed by atoms with van der Waals surface area (Å²) in [6.45, 7) is 4.21. The fourth-order valence-electron chi connectivity index (χ4n) is 5.11. The first-order valence-corrected chi connectivity index (χ1v) is 15.5. The highest BCUT2D eigenvalue weighted by Crippen LogP contribution is 2.38. The summed E-state index contributed by atoms with van der Waals surface area (Å²) in [5, 5.41) is 0.617. The van der Waals surface area contributed by atoms with Crippen molar-refractivity contribution in [2.24, 2.45) is 4.99 Å². The zero-order valence-corrected chi connectivity index (χ0v) is 26.5. The topological polar surface area (TPSA) is 88.4 Å². The number of para-hydroxylation sites is 1. The van der Waals surface area contributed by atoms with Crippen LogP contribution in [-0.2, 0) is 16.1 Å². The van der Waals surface area contributed by atoms with Gasteiger partial charge in [-0.15, -0.1) is 0 Å². The zero-order valence-electron chi connectivity index (χ0n) is 25.0. The zero-order chi connectivity index (χ0) is 31.2. The minimum absolute atomic E-state index is 0.180. The van der Waals surface area contributed by atoms with Crippen LogP contribution in [0.1, 0.15) is 49.4 Å². The minimum Gasteiger partial charge on any atom is -0.497 e. The van der Waals surface area contributed by atoms with Crippen molar-refractivity contribution in [1.82, 2.24) is 4.57 Å². The van der Waals surface area contributed by atoms with E-state index >= 15 is 0 Å². The Balaban J connectivity index is 1.69. The van der Waals surface area contributed by atoms with E-state index in [-0.39, 0.29) is 18.8 Å². The van der Waals surface area contributed by atoms with Crippen molar-refractivity contribution in [3.8, 4) is 17.2 Å². The number of fused-ring (bicyclic) bond motifs is 1. The Labute approximate surface area is 264 Å². The first-order valence-electron chi connectivity index (χ1n) is 14.3. The standard InChI is InChI=1S/C34H33ClN2O6S/c1-5-11-26-30(33(39)42-6-2)31(24-19-23(40-3)16-17-28(24)41-4)37-32(38)29(44-34(37)36-26)18-21-12-8-10-15-27(21)43-20-22-13-7-9-14-25(22)35/h7-10,12-19,31H,5-6,11,20H2,1-4H3/b29-18+/t31-/m1/s1. The molecule has 0 radical (unpaired) electrons. The maximum absolute atomic E-state index is 14.3. The number of carbonyl (C=O) groups excluding carboxylic acids is 1. The van der Waals surface area contributed by atoms with Crippen LogP contribution in [0.3, 0.4) is 0 Å². The Kier molecular flexibility index (Phi) is 9.87. The van der Waals surface area contributed by atoms with Crippen LogP contribution < -0.4 is 29.1 Å². The van der Waals surface area contributed by atoms with Crippen LogP contribution in [0.15, 0.2) is 87.8 Å². The number of thiazole rings is 1. The second-order valence-corrected chi connectivity index (χ2v) is 11.4. The van der Waals surface area contributed by atoms with Crippen molar-refractivity contribution < 1.29 is 23.7 Å². The van der Waals surface area contributed by atoms with E-state index in [9.17, 15) is 9.59 Å². The SMILES string of the molecule is CCCC1=C(C(=O)OCC)[C@@H](c2cc(OC)ccc2OC)n2c(s/c(=C/c3ccccc3OCc3ccccc3Cl)c2=O)=N1. The molecule has 0 saturated heterocycles. The van der Waals surface area contributed by atoms with Gasteiger partial charge in [-0.25, -0.2) is 9.79 Å². The van der Waals surface area contributed by atoms with Crippen LogP contribution in [0.5, 0.6) is 17.2 Å². The smallest absolute Gasteiger partial charge is 0.338 e. The third kappa shape index (κ3) is 6.30. The second-order valence-electron chi connectivity index (χ2n) is 9.94. The molecule has 1 aromatic heterocycles. The van der Waals surface area contributed by atoms with Gasteiger partial charge in [-0.2, -0.15) is 0 Å². The number of benzene rings is 3. The average Bonchev–Trinajstić information content (AvgIpc) is 3.34. The minimum atomic E-state index is -0.842. The Morgan fingerprint density at radius 3 is 2.52 bits per heavy atom. The van der Waals surface area contributed by atoms with Gasteiger partial charge in [0.2, 0.25) is 0 Å². The normalized spacial score (nSPS) is 14.6. The van der Waals surface area contributed by atoms with E-state index in [1.54, 1.807) is 50.0 Å². The number of rotatable bonds is 11. The third-order valence-electron chi connectivity index (χ3n) is 7.17. The van der Waals surface area contributed by atoms with Gasteiger partial charge >= 0.3 is 5.97 Å². The van der Waals surface area contributed by atoms with Gasteiger partial charge in [-0.1, -0.05) is 72.7 Å². The van der Waals surface area contributed by atoms with E-state index in [2.05, 4.69) is 0 Å². The number of halogens is 1. The molecule has 44 heavy (non-hydrogen) atoms. The summed E-state index contributed by atoms with van der Waals surface area (Å²) in [7, 11) is 3.11. The summed E-state index contributed by atoms with van der Waals surface area (Å²) in [5.74, 6) is 1.14. The van der Waals surface area contributed by atoms with Crippen LogP contribution in [0.4, 0.5) is 0 Å². The molecule has 0 unspecified atom stereocenters. The van der Waals surface area contributed by atoms with Gasteiger partial charge in [-0.05, 0) is 49.8 Å². The number of hydrogen-bond donors (Lipinski definition) is 0. The summed E-state index contributed by atoms with van der Waals surface area (Å²) in [6.07, 6.45) is 3.06. The molecule has 3 aromatic carbocycles. The Morgan fingerprint density at radius 1 is 1.02 bits per heavy atom. The molecule has 1 aliphatic heterocycles.